The predicted octanol–water partition coefficient (Wildman–Crippen LogP) is 1.55. The Morgan fingerprint density at radius 1 is 1.38 bits per heavy atom. The molecule has 0 aliphatic heterocycles. The van der Waals surface area contributed by atoms with Gasteiger partial charge in [-0.3, -0.25) is 0 Å². The van der Waals surface area contributed by atoms with Crippen molar-refractivity contribution >= 4 is 5.82 Å². The zero-order valence-corrected chi connectivity index (χ0v) is 6.26. The van der Waals surface area contributed by atoms with Crippen LogP contribution in [0.2, 0.25) is 0 Å². The monoisotopic (exact) mass is 187 g/mol. The predicted molar refractivity (Wildman–Crippen MR) is 38.4 cm³/mol. The second-order valence-corrected chi connectivity index (χ2v) is 2.24. The number of nitrogens with zero attached hydrogens (tertiary/aromatic N) is 2. The standard InChI is InChI=1S/C7H4F3N3/c8-7(9,10)5-2-1-4(3-11)6(12)13-5/h1-2H,(H2,12,13). The molecule has 0 atom stereocenters. The van der Waals surface area contributed by atoms with Crippen molar-refractivity contribution in [3.63, 3.8) is 0 Å². The zero-order chi connectivity index (χ0) is 10.1. The molecule has 1 aromatic rings. The topological polar surface area (TPSA) is 62.7 Å². The Kier molecular flexibility index (Phi) is 2.10. The molecule has 1 aromatic heterocycles. The summed E-state index contributed by atoms with van der Waals surface area (Å²) in [6.45, 7) is 0. The molecule has 0 aliphatic carbocycles. The van der Waals surface area contributed by atoms with Crippen molar-refractivity contribution in [2.24, 2.45) is 0 Å². The van der Waals surface area contributed by atoms with Crippen molar-refractivity contribution in [1.29, 1.82) is 5.26 Å². The van der Waals surface area contributed by atoms with Crippen LogP contribution in [0.1, 0.15) is 11.3 Å². The molecule has 0 fully saturated rings. The van der Waals surface area contributed by atoms with Crippen LogP contribution in [0.3, 0.4) is 0 Å². The van der Waals surface area contributed by atoms with Gasteiger partial charge in [-0.15, -0.1) is 0 Å². The maximum atomic E-state index is 12.0. The van der Waals surface area contributed by atoms with Crippen LogP contribution in [-0.4, -0.2) is 4.98 Å². The number of hydrogen-bond donors (Lipinski definition) is 1. The number of anilines is 1. The molecule has 0 radical (unpaired) electrons. The molecule has 3 nitrogen and oxygen atoms in total. The summed E-state index contributed by atoms with van der Waals surface area (Å²) in [5, 5.41) is 8.36. The molecule has 0 unspecified atom stereocenters. The Hall–Kier alpha value is -1.77. The summed E-state index contributed by atoms with van der Waals surface area (Å²) in [7, 11) is 0. The number of pyridine rings is 1. The van der Waals surface area contributed by atoms with Crippen LogP contribution < -0.4 is 5.73 Å². The van der Waals surface area contributed by atoms with Gasteiger partial charge in [-0.1, -0.05) is 0 Å². The van der Waals surface area contributed by atoms with Crippen molar-refractivity contribution in [3.05, 3.63) is 23.4 Å². The molecule has 6 heteroatoms. The Morgan fingerprint density at radius 2 is 2.00 bits per heavy atom. The Bertz CT molecular complexity index is 364. The van der Waals surface area contributed by atoms with E-state index >= 15 is 0 Å². The van der Waals surface area contributed by atoms with E-state index in [9.17, 15) is 13.2 Å². The fraction of sp³-hybridized carbons (Fsp3) is 0.143. The second kappa shape index (κ2) is 2.94. The van der Waals surface area contributed by atoms with Gasteiger partial charge < -0.3 is 5.73 Å². The largest absolute Gasteiger partial charge is 0.433 e. The minimum atomic E-state index is -4.53. The normalized spacial score (nSPS) is 10.9. The van der Waals surface area contributed by atoms with Crippen LogP contribution in [0.4, 0.5) is 19.0 Å². The van der Waals surface area contributed by atoms with E-state index in [1.165, 1.54) is 0 Å². The molecule has 0 spiro atoms. The minimum Gasteiger partial charge on any atom is -0.383 e. The third-order valence-corrected chi connectivity index (χ3v) is 1.34. The highest BCUT2D eigenvalue weighted by molar-refractivity contribution is 5.48. The molecule has 0 saturated carbocycles. The van der Waals surface area contributed by atoms with E-state index in [1.54, 1.807) is 6.07 Å². The third kappa shape index (κ3) is 1.87. The quantitative estimate of drug-likeness (QED) is 0.670. The molecule has 0 bridgehead atoms. The summed E-state index contributed by atoms with van der Waals surface area (Å²) < 4.78 is 36.0. The summed E-state index contributed by atoms with van der Waals surface area (Å²) in [6, 6.07) is 3.33. The second-order valence-electron chi connectivity index (χ2n) is 2.24. The fourth-order valence-corrected chi connectivity index (χ4v) is 0.727. The molecule has 13 heavy (non-hydrogen) atoms. The van der Waals surface area contributed by atoms with Gasteiger partial charge in [0.05, 0.1) is 5.56 Å². The maximum Gasteiger partial charge on any atom is 0.433 e. The van der Waals surface area contributed by atoms with Crippen LogP contribution in [0.15, 0.2) is 12.1 Å². The molecule has 0 saturated heterocycles. The summed E-state index contributed by atoms with van der Waals surface area (Å²) >= 11 is 0. The van der Waals surface area contributed by atoms with Crippen LogP contribution in [0, 0.1) is 11.3 Å². The van der Waals surface area contributed by atoms with Gasteiger partial charge in [0.25, 0.3) is 0 Å². The first-order valence-corrected chi connectivity index (χ1v) is 3.19. The van der Waals surface area contributed by atoms with Crippen LogP contribution in [0.5, 0.6) is 0 Å². The first kappa shape index (κ1) is 9.32. The van der Waals surface area contributed by atoms with Crippen LogP contribution in [-0.2, 0) is 6.18 Å². The third-order valence-electron chi connectivity index (χ3n) is 1.34. The molecule has 0 aromatic carbocycles. The van der Waals surface area contributed by atoms with Gasteiger partial charge in [-0.25, -0.2) is 4.98 Å². The number of nitriles is 1. The maximum absolute atomic E-state index is 12.0. The molecule has 2 N–H and O–H groups in total. The molecule has 1 rings (SSSR count). The summed E-state index contributed by atoms with van der Waals surface area (Å²) in [5.74, 6) is -0.405. The smallest absolute Gasteiger partial charge is 0.383 e. The first-order chi connectivity index (χ1) is 5.95. The van der Waals surface area contributed by atoms with E-state index in [-0.39, 0.29) is 5.56 Å². The van der Waals surface area contributed by atoms with E-state index in [0.29, 0.717) is 0 Å². The first-order valence-electron chi connectivity index (χ1n) is 3.19. The van der Waals surface area contributed by atoms with Gasteiger partial charge >= 0.3 is 6.18 Å². The van der Waals surface area contributed by atoms with Crippen molar-refractivity contribution in [2.45, 2.75) is 6.18 Å². The van der Waals surface area contributed by atoms with Gasteiger partial charge in [0.15, 0.2) is 0 Å². The van der Waals surface area contributed by atoms with E-state index in [1.807, 2.05) is 0 Å². The minimum absolute atomic E-state index is 0.0620. The number of alkyl halides is 3. The lowest BCUT2D eigenvalue weighted by atomic mass is 10.2. The van der Waals surface area contributed by atoms with E-state index in [4.69, 9.17) is 11.0 Å². The lowest BCUT2D eigenvalue weighted by molar-refractivity contribution is -0.141. The highest BCUT2D eigenvalue weighted by atomic mass is 19.4. The van der Waals surface area contributed by atoms with Crippen LogP contribution >= 0.6 is 0 Å². The lowest BCUT2D eigenvalue weighted by Crippen LogP contribution is -2.09. The molecule has 0 aliphatic rings. The van der Waals surface area contributed by atoms with E-state index in [0.717, 1.165) is 12.1 Å². The molecule has 0 amide bonds. The summed E-state index contributed by atoms with van der Waals surface area (Å²) in [6.07, 6.45) is -4.53. The van der Waals surface area contributed by atoms with E-state index in [2.05, 4.69) is 4.98 Å². The van der Waals surface area contributed by atoms with E-state index < -0.39 is 17.7 Å². The highest BCUT2D eigenvalue weighted by Gasteiger charge is 2.32. The SMILES string of the molecule is N#Cc1ccc(C(F)(F)F)nc1N. The Labute approximate surface area is 71.6 Å². The fourth-order valence-electron chi connectivity index (χ4n) is 0.727. The molecule has 1 heterocycles. The van der Waals surface area contributed by atoms with Crippen molar-refractivity contribution < 1.29 is 13.2 Å². The number of aromatic nitrogens is 1. The number of nitrogen functional groups attached to an aromatic ring is 1. The zero-order valence-electron chi connectivity index (χ0n) is 6.26. The Balaban J connectivity index is 3.20. The Morgan fingerprint density at radius 3 is 2.38 bits per heavy atom. The number of hydrogen-bond acceptors (Lipinski definition) is 3. The van der Waals surface area contributed by atoms with Gasteiger partial charge in [0, 0.05) is 0 Å². The van der Waals surface area contributed by atoms with Crippen molar-refractivity contribution in [1.82, 2.24) is 4.98 Å². The lowest BCUT2D eigenvalue weighted by Gasteiger charge is -2.05. The van der Waals surface area contributed by atoms with Gasteiger partial charge in [0.1, 0.15) is 17.6 Å². The highest BCUT2D eigenvalue weighted by Crippen LogP contribution is 2.28. The summed E-state index contributed by atoms with van der Waals surface area (Å²) in [4.78, 5) is 3.05. The molecular weight excluding hydrogens is 183 g/mol. The molecule has 68 valence electrons. The summed E-state index contributed by atoms with van der Waals surface area (Å²) in [5.41, 5.74) is 3.94. The van der Waals surface area contributed by atoms with Crippen LogP contribution in [0.25, 0.3) is 0 Å². The van der Waals surface area contributed by atoms with Gasteiger partial charge in [-0.2, -0.15) is 18.4 Å². The van der Waals surface area contributed by atoms with Crippen molar-refractivity contribution in [2.75, 3.05) is 5.73 Å². The number of nitrogens with two attached hydrogens (primary N) is 1. The van der Waals surface area contributed by atoms with Gasteiger partial charge in [0.2, 0.25) is 0 Å². The van der Waals surface area contributed by atoms with Gasteiger partial charge in [-0.05, 0) is 12.1 Å². The average Bonchev–Trinajstić information content (AvgIpc) is 2.02. The number of rotatable bonds is 0. The number of halogens is 3. The molecular formula is C7H4F3N3. The average molecular weight is 187 g/mol. The van der Waals surface area contributed by atoms with Crippen molar-refractivity contribution in [3.8, 4) is 6.07 Å².